The lowest BCUT2D eigenvalue weighted by Crippen LogP contribution is -2.15. The molecule has 0 bridgehead atoms. The molecule has 1 aliphatic rings. The summed E-state index contributed by atoms with van der Waals surface area (Å²) in [6, 6.07) is 15.2. The van der Waals surface area contributed by atoms with E-state index in [0.717, 1.165) is 35.9 Å². The van der Waals surface area contributed by atoms with Gasteiger partial charge in [-0.25, -0.2) is 8.42 Å². The summed E-state index contributed by atoms with van der Waals surface area (Å²) in [5.41, 5.74) is 6.58. The largest absolute Gasteiger partial charge is 0.282 e. The van der Waals surface area contributed by atoms with E-state index in [2.05, 4.69) is 62.0 Å². The van der Waals surface area contributed by atoms with Crippen molar-refractivity contribution >= 4 is 50.1 Å². The summed E-state index contributed by atoms with van der Waals surface area (Å²) in [5, 5.41) is -0.188. The van der Waals surface area contributed by atoms with Crippen molar-refractivity contribution in [3.8, 4) is 0 Å². The first-order valence-corrected chi connectivity index (χ1v) is 14.2. The van der Waals surface area contributed by atoms with Gasteiger partial charge in [0.05, 0.1) is 11.5 Å². The Balaban J connectivity index is 1.61. The highest BCUT2D eigenvalue weighted by Crippen LogP contribution is 2.33. The lowest BCUT2D eigenvalue weighted by atomic mass is 9.88. The molecule has 164 valence electrons. The molecule has 0 unspecified atom stereocenters. The minimum atomic E-state index is -3.16. The van der Waals surface area contributed by atoms with Crippen molar-refractivity contribution in [2.75, 3.05) is 23.0 Å². The summed E-state index contributed by atoms with van der Waals surface area (Å²) in [4.78, 5) is 12.3. The molecular weight excluding hydrogens is 444 g/mol. The molecule has 0 heterocycles. The number of sulfone groups is 1. The molecule has 0 radical (unpaired) electrons. The Kier molecular flexibility index (Phi) is 8.64. The van der Waals surface area contributed by atoms with Gasteiger partial charge < -0.3 is 0 Å². The molecule has 0 saturated heterocycles. The monoisotopic (exact) mass is 472 g/mol. The van der Waals surface area contributed by atoms with Crippen molar-refractivity contribution in [2.45, 2.75) is 31.1 Å². The first kappa shape index (κ1) is 23.9. The molecule has 0 fully saturated rings. The van der Waals surface area contributed by atoms with Crippen LogP contribution in [0.15, 0.2) is 60.0 Å². The standard InChI is InChI=1S/C25H28O3S3/c1-3-19-6-5-7-21(16-19)22-9-8-20-10-11-24(18-23(20)17-22)29-12-14-31(27,28)15-13-30-25(26)4-2/h4-7,10-11,16-18H,2-3,8-9,12-15H2,1H3. The van der Waals surface area contributed by atoms with Gasteiger partial charge in [0.1, 0.15) is 0 Å². The zero-order valence-electron chi connectivity index (χ0n) is 17.8. The Morgan fingerprint density at radius 1 is 1.10 bits per heavy atom. The van der Waals surface area contributed by atoms with Crippen LogP contribution in [-0.2, 0) is 27.5 Å². The van der Waals surface area contributed by atoms with E-state index in [1.807, 2.05) is 0 Å². The van der Waals surface area contributed by atoms with E-state index in [9.17, 15) is 13.2 Å². The SMILES string of the molecule is C=CC(=O)SCCS(=O)(=O)CCSc1ccc2c(c1)C=C(c1cccc(CC)c1)CC2. The van der Waals surface area contributed by atoms with Gasteiger partial charge in [-0.05, 0) is 65.3 Å². The summed E-state index contributed by atoms with van der Waals surface area (Å²) in [7, 11) is -3.16. The van der Waals surface area contributed by atoms with Gasteiger partial charge in [-0.3, -0.25) is 4.79 Å². The van der Waals surface area contributed by atoms with E-state index < -0.39 is 9.84 Å². The van der Waals surface area contributed by atoms with E-state index >= 15 is 0 Å². The van der Waals surface area contributed by atoms with Gasteiger partial charge in [0.15, 0.2) is 9.84 Å². The van der Waals surface area contributed by atoms with Crippen molar-refractivity contribution < 1.29 is 13.2 Å². The number of thioether (sulfide) groups is 2. The van der Waals surface area contributed by atoms with Gasteiger partial charge in [0.25, 0.3) is 0 Å². The molecule has 1 aliphatic carbocycles. The molecule has 0 saturated carbocycles. The van der Waals surface area contributed by atoms with Crippen LogP contribution in [0.5, 0.6) is 0 Å². The van der Waals surface area contributed by atoms with Crippen LogP contribution in [-0.4, -0.2) is 36.5 Å². The van der Waals surface area contributed by atoms with Gasteiger partial charge in [-0.2, -0.15) is 0 Å². The lowest BCUT2D eigenvalue weighted by molar-refractivity contribution is -0.107. The van der Waals surface area contributed by atoms with E-state index in [0.29, 0.717) is 5.75 Å². The fourth-order valence-corrected chi connectivity index (χ4v) is 7.32. The molecule has 0 amide bonds. The Morgan fingerprint density at radius 3 is 2.68 bits per heavy atom. The normalized spacial score (nSPS) is 13.4. The number of fused-ring (bicyclic) bond motifs is 1. The maximum absolute atomic E-state index is 12.2. The topological polar surface area (TPSA) is 51.2 Å². The Hall–Kier alpha value is -1.76. The highest BCUT2D eigenvalue weighted by atomic mass is 32.2. The molecule has 3 rings (SSSR count). The van der Waals surface area contributed by atoms with Crippen LogP contribution >= 0.6 is 23.5 Å². The smallest absolute Gasteiger partial charge is 0.211 e. The number of hydrogen-bond donors (Lipinski definition) is 0. The summed E-state index contributed by atoms with van der Waals surface area (Å²) in [6.07, 6.45) is 6.59. The minimum Gasteiger partial charge on any atom is -0.282 e. The number of carbonyl (C=O) groups is 1. The van der Waals surface area contributed by atoms with Crippen LogP contribution < -0.4 is 0 Å². The van der Waals surface area contributed by atoms with Gasteiger partial charge >= 0.3 is 0 Å². The molecule has 2 aromatic carbocycles. The summed E-state index contributed by atoms with van der Waals surface area (Å²) in [5.74, 6) is 0.924. The van der Waals surface area contributed by atoms with E-state index in [1.165, 1.54) is 33.9 Å². The number of aryl methyl sites for hydroxylation is 2. The van der Waals surface area contributed by atoms with Crippen LogP contribution in [0.25, 0.3) is 11.6 Å². The van der Waals surface area contributed by atoms with Crippen LogP contribution in [0.4, 0.5) is 0 Å². The minimum absolute atomic E-state index is 0.0188. The third-order valence-electron chi connectivity index (χ3n) is 5.29. The average Bonchev–Trinajstić information content (AvgIpc) is 2.78. The fourth-order valence-electron chi connectivity index (χ4n) is 3.49. The van der Waals surface area contributed by atoms with E-state index in [1.54, 1.807) is 11.8 Å². The highest BCUT2D eigenvalue weighted by molar-refractivity contribution is 8.14. The molecule has 0 N–H and O–H groups in total. The van der Waals surface area contributed by atoms with Crippen molar-refractivity contribution in [1.29, 1.82) is 0 Å². The van der Waals surface area contributed by atoms with E-state index in [-0.39, 0.29) is 22.4 Å². The molecule has 31 heavy (non-hydrogen) atoms. The second-order valence-corrected chi connectivity index (χ2v) is 12.0. The number of rotatable bonds is 10. The number of carbonyl (C=O) groups excluding carboxylic acids is 1. The van der Waals surface area contributed by atoms with E-state index in [4.69, 9.17) is 0 Å². The van der Waals surface area contributed by atoms with Crippen molar-refractivity contribution in [3.63, 3.8) is 0 Å². The highest BCUT2D eigenvalue weighted by Gasteiger charge is 2.15. The molecule has 2 aromatic rings. The molecule has 0 aromatic heterocycles. The maximum Gasteiger partial charge on any atom is 0.211 e. The molecule has 0 atom stereocenters. The van der Waals surface area contributed by atoms with Crippen LogP contribution in [0, 0.1) is 0 Å². The maximum atomic E-state index is 12.2. The predicted molar refractivity (Wildman–Crippen MR) is 135 cm³/mol. The fraction of sp³-hybridized carbons (Fsp3) is 0.320. The second kappa shape index (κ2) is 11.2. The van der Waals surface area contributed by atoms with Gasteiger partial charge in [-0.1, -0.05) is 61.7 Å². The molecule has 3 nitrogen and oxygen atoms in total. The van der Waals surface area contributed by atoms with Crippen molar-refractivity contribution in [3.05, 3.63) is 77.4 Å². The van der Waals surface area contributed by atoms with Crippen molar-refractivity contribution in [2.24, 2.45) is 0 Å². The number of hydrogen-bond acceptors (Lipinski definition) is 5. The Morgan fingerprint density at radius 2 is 1.90 bits per heavy atom. The Labute approximate surface area is 194 Å². The second-order valence-electron chi connectivity index (χ2n) is 7.46. The molecule has 0 spiro atoms. The zero-order chi connectivity index (χ0) is 22.3. The molecule has 0 aliphatic heterocycles. The summed E-state index contributed by atoms with van der Waals surface area (Å²) >= 11 is 2.57. The molecular formula is C25H28O3S3. The van der Waals surface area contributed by atoms with Crippen LogP contribution in [0.3, 0.4) is 0 Å². The third kappa shape index (κ3) is 7.13. The van der Waals surface area contributed by atoms with Gasteiger partial charge in [0, 0.05) is 16.4 Å². The van der Waals surface area contributed by atoms with Crippen LogP contribution in [0.1, 0.15) is 35.6 Å². The predicted octanol–water partition coefficient (Wildman–Crippen LogP) is 5.69. The van der Waals surface area contributed by atoms with Gasteiger partial charge in [0.2, 0.25) is 5.12 Å². The first-order chi connectivity index (χ1) is 14.9. The summed E-state index contributed by atoms with van der Waals surface area (Å²) < 4.78 is 24.4. The van der Waals surface area contributed by atoms with Crippen molar-refractivity contribution in [1.82, 2.24) is 0 Å². The number of allylic oxidation sites excluding steroid dienone is 1. The molecule has 6 heteroatoms. The van der Waals surface area contributed by atoms with Crippen LogP contribution in [0.2, 0.25) is 0 Å². The first-order valence-electron chi connectivity index (χ1n) is 10.5. The number of benzene rings is 2. The third-order valence-corrected chi connectivity index (χ3v) is 9.31. The Bertz CT molecular complexity index is 1080. The zero-order valence-corrected chi connectivity index (χ0v) is 20.3. The lowest BCUT2D eigenvalue weighted by Gasteiger charge is -2.18. The van der Waals surface area contributed by atoms with Gasteiger partial charge in [-0.15, -0.1) is 11.8 Å². The summed E-state index contributed by atoms with van der Waals surface area (Å²) in [6.45, 7) is 5.57. The average molecular weight is 473 g/mol. The quantitative estimate of drug-likeness (QED) is 0.328.